The highest BCUT2D eigenvalue weighted by Gasteiger charge is 2.24. The Morgan fingerprint density at radius 3 is 2.53 bits per heavy atom. The standard InChI is InChI=1S/C21H15BrClN3O7S/c1-32-19-10-13(12-24-25-21(27)14-5-7-15(23)8-6-14)9-18(22)20(19)33-34(30,31)17-4-2-3-16(11-17)26(28)29/h2-12H,1H3,(H,25,27)/b24-12-. The first kappa shape index (κ1) is 25.1. The monoisotopic (exact) mass is 567 g/mol. The Labute approximate surface area is 207 Å². The molecule has 13 heteroatoms. The molecule has 10 nitrogen and oxygen atoms in total. The Morgan fingerprint density at radius 1 is 1.18 bits per heavy atom. The van der Waals surface area contributed by atoms with Crippen LogP contribution < -0.4 is 14.3 Å². The van der Waals surface area contributed by atoms with Gasteiger partial charge in [0.2, 0.25) is 0 Å². The zero-order valence-electron chi connectivity index (χ0n) is 17.3. The number of nitro benzene ring substituents is 1. The molecule has 0 heterocycles. The Morgan fingerprint density at radius 2 is 1.88 bits per heavy atom. The van der Waals surface area contributed by atoms with Crippen molar-refractivity contribution in [3.05, 3.63) is 91.4 Å². The Bertz CT molecular complexity index is 1380. The molecule has 1 N–H and O–H groups in total. The van der Waals surface area contributed by atoms with Gasteiger partial charge in [-0.15, -0.1) is 0 Å². The molecule has 176 valence electrons. The van der Waals surface area contributed by atoms with E-state index in [1.807, 2.05) is 0 Å². The van der Waals surface area contributed by atoms with Gasteiger partial charge in [0.25, 0.3) is 11.6 Å². The van der Waals surface area contributed by atoms with Crippen molar-refractivity contribution in [2.75, 3.05) is 7.11 Å². The molecule has 3 aromatic carbocycles. The van der Waals surface area contributed by atoms with Gasteiger partial charge < -0.3 is 8.92 Å². The van der Waals surface area contributed by atoms with Crippen LogP contribution in [0.2, 0.25) is 5.02 Å². The summed E-state index contributed by atoms with van der Waals surface area (Å²) in [5, 5.41) is 15.3. The third-order valence-electron chi connectivity index (χ3n) is 4.25. The second kappa shape index (κ2) is 10.6. The molecule has 3 aromatic rings. The number of hydrogen-bond donors (Lipinski definition) is 1. The fraction of sp³-hybridized carbons (Fsp3) is 0.0476. The van der Waals surface area contributed by atoms with Gasteiger partial charge in [0.05, 0.1) is 22.7 Å². The van der Waals surface area contributed by atoms with Gasteiger partial charge in [0, 0.05) is 22.7 Å². The van der Waals surface area contributed by atoms with E-state index in [1.165, 1.54) is 37.6 Å². The summed E-state index contributed by atoms with van der Waals surface area (Å²) in [4.78, 5) is 22.0. The molecule has 1 amide bonds. The van der Waals surface area contributed by atoms with Gasteiger partial charge in [-0.2, -0.15) is 13.5 Å². The van der Waals surface area contributed by atoms with E-state index >= 15 is 0 Å². The lowest BCUT2D eigenvalue weighted by atomic mass is 10.2. The number of amides is 1. The minimum absolute atomic E-state index is 0.0360. The summed E-state index contributed by atoms with van der Waals surface area (Å²) in [6, 6.07) is 13.6. The smallest absolute Gasteiger partial charge is 0.339 e. The highest BCUT2D eigenvalue weighted by molar-refractivity contribution is 9.10. The molecule has 0 aliphatic carbocycles. The average molecular weight is 569 g/mol. The third kappa shape index (κ3) is 6.10. The van der Waals surface area contributed by atoms with E-state index < -0.39 is 31.5 Å². The number of hydrazone groups is 1. The van der Waals surface area contributed by atoms with Crippen LogP contribution >= 0.6 is 27.5 Å². The van der Waals surface area contributed by atoms with E-state index in [2.05, 4.69) is 26.5 Å². The van der Waals surface area contributed by atoms with Crippen LogP contribution in [0.5, 0.6) is 11.5 Å². The number of benzene rings is 3. The van der Waals surface area contributed by atoms with Crippen molar-refractivity contribution < 1.29 is 27.1 Å². The van der Waals surface area contributed by atoms with Gasteiger partial charge in [-0.25, -0.2) is 5.43 Å². The Hall–Kier alpha value is -3.48. The summed E-state index contributed by atoms with van der Waals surface area (Å²) in [5.74, 6) is -0.591. The van der Waals surface area contributed by atoms with E-state index in [-0.39, 0.29) is 16.0 Å². The molecule has 0 unspecified atom stereocenters. The van der Waals surface area contributed by atoms with E-state index in [0.717, 1.165) is 12.1 Å². The van der Waals surface area contributed by atoms with Gasteiger partial charge >= 0.3 is 10.1 Å². The lowest BCUT2D eigenvalue weighted by molar-refractivity contribution is -0.385. The zero-order valence-corrected chi connectivity index (χ0v) is 20.4. The maximum atomic E-state index is 12.7. The fourth-order valence-electron chi connectivity index (χ4n) is 2.64. The van der Waals surface area contributed by atoms with Crippen molar-refractivity contribution in [1.29, 1.82) is 0 Å². The molecule has 0 aliphatic rings. The minimum Gasteiger partial charge on any atom is -0.493 e. The number of carbonyl (C=O) groups is 1. The van der Waals surface area contributed by atoms with Crippen LogP contribution in [0, 0.1) is 10.1 Å². The molecule has 0 fully saturated rings. The van der Waals surface area contributed by atoms with Crippen LogP contribution in [0.3, 0.4) is 0 Å². The number of non-ortho nitro benzene ring substituents is 1. The summed E-state index contributed by atoms with van der Waals surface area (Å²) in [6.45, 7) is 0. The first-order valence-electron chi connectivity index (χ1n) is 9.26. The van der Waals surface area contributed by atoms with E-state index in [4.69, 9.17) is 20.5 Å². The van der Waals surface area contributed by atoms with Gasteiger partial charge in [-0.1, -0.05) is 17.7 Å². The van der Waals surface area contributed by atoms with Crippen LogP contribution in [-0.4, -0.2) is 32.6 Å². The van der Waals surface area contributed by atoms with Crippen LogP contribution in [0.15, 0.2) is 75.1 Å². The summed E-state index contributed by atoms with van der Waals surface area (Å²) in [7, 11) is -3.11. The van der Waals surface area contributed by atoms with E-state index in [1.54, 1.807) is 24.3 Å². The molecule has 0 bridgehead atoms. The van der Waals surface area contributed by atoms with E-state index in [9.17, 15) is 23.3 Å². The molecular formula is C21H15BrClN3O7S. The lowest BCUT2D eigenvalue weighted by Gasteiger charge is -2.13. The number of nitrogens with one attached hydrogen (secondary N) is 1. The van der Waals surface area contributed by atoms with Crippen molar-refractivity contribution in [2.24, 2.45) is 5.10 Å². The Balaban J connectivity index is 1.81. The number of ether oxygens (including phenoxy) is 1. The number of nitro groups is 1. The molecule has 0 aromatic heterocycles. The van der Waals surface area contributed by atoms with Crippen LogP contribution in [0.25, 0.3) is 0 Å². The summed E-state index contributed by atoms with van der Waals surface area (Å²) in [6.07, 6.45) is 1.32. The van der Waals surface area contributed by atoms with Gasteiger partial charge in [0.1, 0.15) is 4.90 Å². The van der Waals surface area contributed by atoms with Crippen molar-refractivity contribution in [1.82, 2.24) is 5.43 Å². The Kier molecular flexibility index (Phi) is 7.87. The second-order valence-electron chi connectivity index (χ2n) is 6.53. The first-order valence-corrected chi connectivity index (χ1v) is 11.8. The third-order valence-corrected chi connectivity index (χ3v) is 6.31. The largest absolute Gasteiger partial charge is 0.493 e. The SMILES string of the molecule is COc1cc(/C=N\NC(=O)c2ccc(Cl)cc2)cc(Br)c1OS(=O)(=O)c1cccc([N+](=O)[O-])c1. The van der Waals surface area contributed by atoms with Gasteiger partial charge in [0.15, 0.2) is 11.5 Å². The molecule has 0 atom stereocenters. The molecular weight excluding hydrogens is 554 g/mol. The summed E-state index contributed by atoms with van der Waals surface area (Å²) >= 11 is 9.03. The van der Waals surface area contributed by atoms with Crippen molar-refractivity contribution in [3.63, 3.8) is 0 Å². The number of hydrogen-bond acceptors (Lipinski definition) is 8. The van der Waals surface area contributed by atoms with E-state index in [0.29, 0.717) is 16.1 Å². The molecule has 0 aliphatic heterocycles. The number of carbonyl (C=O) groups excluding carboxylic acids is 1. The van der Waals surface area contributed by atoms with Crippen LogP contribution in [0.1, 0.15) is 15.9 Å². The van der Waals surface area contributed by atoms with Crippen LogP contribution in [-0.2, 0) is 10.1 Å². The van der Waals surface area contributed by atoms with Gasteiger partial charge in [-0.3, -0.25) is 14.9 Å². The summed E-state index contributed by atoms with van der Waals surface area (Å²) < 4.78 is 36.0. The molecule has 0 saturated heterocycles. The number of halogens is 2. The predicted molar refractivity (Wildman–Crippen MR) is 128 cm³/mol. The summed E-state index contributed by atoms with van der Waals surface area (Å²) in [5.41, 5.74) is 2.76. The minimum atomic E-state index is -4.41. The maximum Gasteiger partial charge on any atom is 0.339 e. The maximum absolute atomic E-state index is 12.7. The first-order chi connectivity index (χ1) is 16.1. The normalized spacial score (nSPS) is 11.3. The lowest BCUT2D eigenvalue weighted by Crippen LogP contribution is -2.17. The predicted octanol–water partition coefficient (Wildman–Crippen LogP) is 4.55. The highest BCUT2D eigenvalue weighted by Crippen LogP contribution is 2.38. The average Bonchev–Trinajstić information content (AvgIpc) is 2.81. The fourth-order valence-corrected chi connectivity index (χ4v) is 4.41. The van der Waals surface area contributed by atoms with Crippen molar-refractivity contribution in [2.45, 2.75) is 4.90 Å². The molecule has 0 spiro atoms. The quantitative estimate of drug-likeness (QED) is 0.182. The van der Waals surface area contributed by atoms with Crippen molar-refractivity contribution in [3.8, 4) is 11.5 Å². The molecule has 34 heavy (non-hydrogen) atoms. The number of methoxy groups -OCH3 is 1. The topological polar surface area (TPSA) is 137 Å². The molecule has 0 radical (unpaired) electrons. The highest BCUT2D eigenvalue weighted by atomic mass is 79.9. The van der Waals surface area contributed by atoms with Crippen LogP contribution in [0.4, 0.5) is 5.69 Å². The van der Waals surface area contributed by atoms with Gasteiger partial charge in [-0.05, 0) is 64.0 Å². The molecule has 3 rings (SSSR count). The second-order valence-corrected chi connectivity index (χ2v) is 9.37. The number of nitrogens with zero attached hydrogens (tertiary/aromatic N) is 2. The zero-order chi connectivity index (χ0) is 24.9. The number of rotatable bonds is 8. The molecule has 0 saturated carbocycles. The van der Waals surface area contributed by atoms with Crippen molar-refractivity contribution >= 4 is 55.5 Å².